The highest BCUT2D eigenvalue weighted by Gasteiger charge is 2.13. The number of nitrogens with zero attached hydrogens (tertiary/aromatic N) is 1. The Hall–Kier alpha value is -2.11. The molecule has 0 radical (unpaired) electrons. The number of aliphatic hydroxyl groups excluding tert-OH is 1. The van der Waals surface area contributed by atoms with Gasteiger partial charge in [0, 0.05) is 28.9 Å². The predicted molar refractivity (Wildman–Crippen MR) is 84.9 cm³/mol. The summed E-state index contributed by atoms with van der Waals surface area (Å²) in [6, 6.07) is 10.3. The highest BCUT2D eigenvalue weighted by molar-refractivity contribution is 6.31. The molecule has 1 aromatic heterocycles. The summed E-state index contributed by atoms with van der Waals surface area (Å²) < 4.78 is 1.33. The second-order valence-electron chi connectivity index (χ2n) is 4.97. The van der Waals surface area contributed by atoms with Gasteiger partial charge in [0.05, 0.1) is 6.10 Å². The quantitative estimate of drug-likeness (QED) is 0.880. The minimum atomic E-state index is -0.896. The lowest BCUT2D eigenvalue weighted by Crippen LogP contribution is -2.34. The molecule has 0 aliphatic heterocycles. The summed E-state index contributed by atoms with van der Waals surface area (Å²) in [7, 11) is 0. The number of amides is 1. The van der Waals surface area contributed by atoms with Gasteiger partial charge >= 0.3 is 0 Å². The van der Waals surface area contributed by atoms with Crippen LogP contribution in [0.1, 0.15) is 17.2 Å². The van der Waals surface area contributed by atoms with Crippen LogP contribution < -0.4 is 10.9 Å². The molecule has 2 N–H and O–H groups in total. The maximum Gasteiger partial charge on any atom is 0.253 e. The molecule has 22 heavy (non-hydrogen) atoms. The van der Waals surface area contributed by atoms with Crippen LogP contribution in [0.2, 0.25) is 5.02 Å². The van der Waals surface area contributed by atoms with Crippen LogP contribution in [0.5, 0.6) is 0 Å². The van der Waals surface area contributed by atoms with Gasteiger partial charge in [-0.3, -0.25) is 9.59 Å². The number of aryl methyl sites for hydroxylation is 1. The molecule has 1 atom stereocenters. The van der Waals surface area contributed by atoms with Crippen molar-refractivity contribution in [1.29, 1.82) is 0 Å². The highest BCUT2D eigenvalue weighted by Crippen LogP contribution is 2.21. The van der Waals surface area contributed by atoms with E-state index in [-0.39, 0.29) is 24.6 Å². The number of nitrogens with one attached hydrogen (secondary N) is 1. The Morgan fingerprint density at radius 3 is 2.77 bits per heavy atom. The molecular formula is C16H17ClN2O3. The molecule has 1 amide bonds. The molecule has 0 aliphatic rings. The molecule has 0 spiro atoms. The van der Waals surface area contributed by atoms with Crippen LogP contribution in [0.25, 0.3) is 0 Å². The van der Waals surface area contributed by atoms with Gasteiger partial charge in [-0.2, -0.15) is 0 Å². The van der Waals surface area contributed by atoms with Gasteiger partial charge in [-0.25, -0.2) is 0 Å². The number of aliphatic hydroxyl groups is 1. The van der Waals surface area contributed by atoms with Crippen LogP contribution in [-0.2, 0) is 11.3 Å². The number of halogens is 1. The number of pyridine rings is 1. The van der Waals surface area contributed by atoms with E-state index in [1.165, 1.54) is 4.57 Å². The molecule has 0 saturated carbocycles. The van der Waals surface area contributed by atoms with E-state index < -0.39 is 6.10 Å². The van der Waals surface area contributed by atoms with Gasteiger partial charge in [-0.05, 0) is 19.1 Å². The Kier molecular flexibility index (Phi) is 5.35. The highest BCUT2D eigenvalue weighted by atomic mass is 35.5. The van der Waals surface area contributed by atoms with Crippen LogP contribution in [0.15, 0.2) is 47.4 Å². The molecule has 1 aromatic carbocycles. The predicted octanol–water partition coefficient (Wildman–Crippen LogP) is 1.66. The van der Waals surface area contributed by atoms with Crippen molar-refractivity contribution < 1.29 is 9.90 Å². The van der Waals surface area contributed by atoms with E-state index in [0.717, 1.165) is 0 Å². The van der Waals surface area contributed by atoms with E-state index in [1.54, 1.807) is 49.5 Å². The van der Waals surface area contributed by atoms with Gasteiger partial charge < -0.3 is 15.0 Å². The van der Waals surface area contributed by atoms with Gasteiger partial charge in [0.15, 0.2) is 0 Å². The number of carbonyl (C=O) groups is 1. The fraction of sp³-hybridized carbons (Fsp3) is 0.250. The van der Waals surface area contributed by atoms with Crippen molar-refractivity contribution in [2.75, 3.05) is 6.54 Å². The minimum absolute atomic E-state index is 0.0309. The van der Waals surface area contributed by atoms with E-state index in [9.17, 15) is 14.7 Å². The maximum atomic E-state index is 11.9. The number of benzene rings is 1. The fourth-order valence-corrected chi connectivity index (χ4v) is 2.32. The lowest BCUT2D eigenvalue weighted by molar-refractivity contribution is -0.122. The maximum absolute atomic E-state index is 11.9. The van der Waals surface area contributed by atoms with Crippen molar-refractivity contribution in [2.45, 2.75) is 19.6 Å². The summed E-state index contributed by atoms with van der Waals surface area (Å²) in [6.07, 6.45) is 0.659. The van der Waals surface area contributed by atoms with Crippen LogP contribution >= 0.6 is 11.6 Å². The van der Waals surface area contributed by atoms with E-state index in [4.69, 9.17) is 11.6 Å². The molecule has 5 nitrogen and oxygen atoms in total. The average Bonchev–Trinajstić information content (AvgIpc) is 2.50. The van der Waals surface area contributed by atoms with Crippen molar-refractivity contribution in [2.24, 2.45) is 0 Å². The van der Waals surface area contributed by atoms with Crippen LogP contribution in [0, 0.1) is 6.92 Å². The molecule has 2 rings (SSSR count). The smallest absolute Gasteiger partial charge is 0.253 e. The Morgan fingerprint density at radius 2 is 2.05 bits per heavy atom. The summed E-state index contributed by atoms with van der Waals surface area (Å²) >= 11 is 5.98. The minimum Gasteiger partial charge on any atom is -0.387 e. The molecule has 2 aromatic rings. The number of carbonyl (C=O) groups excluding carboxylic acids is 1. The number of hydrogen-bond donors (Lipinski definition) is 2. The molecule has 116 valence electrons. The third-order valence-electron chi connectivity index (χ3n) is 3.28. The van der Waals surface area contributed by atoms with Crippen molar-refractivity contribution in [3.63, 3.8) is 0 Å². The summed E-state index contributed by atoms with van der Waals surface area (Å²) in [5, 5.41) is 13.1. The van der Waals surface area contributed by atoms with E-state index >= 15 is 0 Å². The Morgan fingerprint density at radius 1 is 1.32 bits per heavy atom. The number of rotatable bonds is 5. The zero-order valence-corrected chi connectivity index (χ0v) is 12.9. The van der Waals surface area contributed by atoms with Crippen LogP contribution in [0.3, 0.4) is 0 Å². The first-order valence-electron chi connectivity index (χ1n) is 6.84. The molecule has 1 heterocycles. The topological polar surface area (TPSA) is 71.3 Å². The molecule has 0 aliphatic carbocycles. The van der Waals surface area contributed by atoms with E-state index in [0.29, 0.717) is 16.1 Å². The summed E-state index contributed by atoms with van der Waals surface area (Å²) in [5.41, 5.74) is 0.924. The first-order chi connectivity index (χ1) is 10.5. The SMILES string of the molecule is Cc1cccn(CC(=O)NCC(O)c2ccccc2Cl)c1=O. The summed E-state index contributed by atoms with van der Waals surface area (Å²) in [6.45, 7) is 1.64. The van der Waals surface area contributed by atoms with Crippen molar-refractivity contribution >= 4 is 17.5 Å². The van der Waals surface area contributed by atoms with E-state index in [2.05, 4.69) is 5.32 Å². The Balaban J connectivity index is 1.94. The van der Waals surface area contributed by atoms with Crippen molar-refractivity contribution in [3.05, 3.63) is 69.1 Å². The summed E-state index contributed by atoms with van der Waals surface area (Å²) in [4.78, 5) is 23.7. The molecular weight excluding hydrogens is 304 g/mol. The third-order valence-corrected chi connectivity index (χ3v) is 3.63. The molecule has 6 heteroatoms. The number of aromatic nitrogens is 1. The van der Waals surface area contributed by atoms with E-state index in [1.807, 2.05) is 0 Å². The summed E-state index contributed by atoms with van der Waals surface area (Å²) in [5.74, 6) is -0.348. The monoisotopic (exact) mass is 320 g/mol. The van der Waals surface area contributed by atoms with Gasteiger partial charge in [-0.1, -0.05) is 35.9 Å². The van der Waals surface area contributed by atoms with Crippen molar-refractivity contribution in [1.82, 2.24) is 9.88 Å². The zero-order chi connectivity index (χ0) is 16.1. The molecule has 0 bridgehead atoms. The average molecular weight is 321 g/mol. The lowest BCUT2D eigenvalue weighted by Gasteiger charge is -2.14. The molecule has 1 unspecified atom stereocenters. The van der Waals surface area contributed by atoms with Crippen LogP contribution in [0.4, 0.5) is 0 Å². The van der Waals surface area contributed by atoms with Gasteiger partial charge in [-0.15, -0.1) is 0 Å². The first-order valence-corrected chi connectivity index (χ1v) is 7.22. The van der Waals surface area contributed by atoms with Gasteiger partial charge in [0.25, 0.3) is 5.56 Å². The standard InChI is InChI=1S/C16H17ClN2O3/c1-11-5-4-8-19(16(11)22)10-15(21)18-9-14(20)12-6-2-3-7-13(12)17/h2-8,14,20H,9-10H2,1H3,(H,18,21). The Bertz CT molecular complexity index is 727. The second kappa shape index (κ2) is 7.24. The fourth-order valence-electron chi connectivity index (χ4n) is 2.06. The Labute approximate surface area is 133 Å². The molecule has 0 fully saturated rings. The number of hydrogen-bond acceptors (Lipinski definition) is 3. The largest absolute Gasteiger partial charge is 0.387 e. The first kappa shape index (κ1) is 16.3. The van der Waals surface area contributed by atoms with Crippen LogP contribution in [-0.4, -0.2) is 22.1 Å². The third kappa shape index (κ3) is 3.96. The second-order valence-corrected chi connectivity index (χ2v) is 5.37. The molecule has 0 saturated heterocycles. The zero-order valence-electron chi connectivity index (χ0n) is 12.1. The lowest BCUT2D eigenvalue weighted by atomic mass is 10.1. The van der Waals surface area contributed by atoms with Crippen molar-refractivity contribution in [3.8, 4) is 0 Å². The van der Waals surface area contributed by atoms with Gasteiger partial charge in [0.1, 0.15) is 6.54 Å². The van der Waals surface area contributed by atoms with Gasteiger partial charge in [0.2, 0.25) is 5.91 Å². The normalized spacial score (nSPS) is 12.0.